The van der Waals surface area contributed by atoms with Crippen LogP contribution in [0.2, 0.25) is 5.02 Å². The van der Waals surface area contributed by atoms with Crippen LogP contribution in [0.5, 0.6) is 0 Å². The largest absolute Gasteiger partial charge is 0.465 e. The number of carbonyl (C=O) groups is 1. The van der Waals surface area contributed by atoms with Crippen LogP contribution in [0.15, 0.2) is 48.5 Å². The summed E-state index contributed by atoms with van der Waals surface area (Å²) in [6, 6.07) is 14.6. The van der Waals surface area contributed by atoms with Gasteiger partial charge in [0.25, 0.3) is 0 Å². The Morgan fingerprint density at radius 3 is 2.64 bits per heavy atom. The van der Waals surface area contributed by atoms with Crippen molar-refractivity contribution >= 4 is 28.9 Å². The summed E-state index contributed by atoms with van der Waals surface area (Å²) in [5.41, 5.74) is 2.14. The van der Waals surface area contributed by atoms with Crippen LogP contribution in [0.4, 0.5) is 0 Å². The number of methoxy groups -OCH3 is 1. The fourth-order valence-electron chi connectivity index (χ4n) is 1.98. The molecular formula is C16H11ClN2O2S. The normalized spacial score (nSPS) is 10.5. The van der Waals surface area contributed by atoms with Crippen LogP contribution < -0.4 is 0 Å². The lowest BCUT2D eigenvalue weighted by atomic mass is 10.1. The maximum absolute atomic E-state index is 11.6. The number of rotatable bonds is 3. The summed E-state index contributed by atoms with van der Waals surface area (Å²) < 4.78 is 4.73. The third-order valence-corrected chi connectivity index (χ3v) is 4.40. The fourth-order valence-corrected chi connectivity index (χ4v) is 3.14. The second-order valence-electron chi connectivity index (χ2n) is 4.46. The van der Waals surface area contributed by atoms with Crippen molar-refractivity contribution in [3.05, 3.63) is 59.1 Å². The maximum atomic E-state index is 11.6. The molecule has 3 aromatic rings. The van der Waals surface area contributed by atoms with Gasteiger partial charge in [-0.15, -0.1) is 10.2 Å². The fraction of sp³-hybridized carbons (Fsp3) is 0.0625. The van der Waals surface area contributed by atoms with Crippen molar-refractivity contribution < 1.29 is 9.53 Å². The molecule has 2 aromatic carbocycles. The number of nitrogens with zero attached hydrogens (tertiary/aromatic N) is 2. The monoisotopic (exact) mass is 330 g/mol. The van der Waals surface area contributed by atoms with Gasteiger partial charge in [-0.05, 0) is 18.2 Å². The van der Waals surface area contributed by atoms with Gasteiger partial charge >= 0.3 is 5.97 Å². The molecule has 0 radical (unpaired) electrons. The first-order chi connectivity index (χ1) is 10.7. The van der Waals surface area contributed by atoms with Gasteiger partial charge in [-0.2, -0.15) is 0 Å². The highest BCUT2D eigenvalue weighted by atomic mass is 35.5. The van der Waals surface area contributed by atoms with Crippen LogP contribution >= 0.6 is 22.9 Å². The number of benzene rings is 2. The number of hydrogen-bond donors (Lipinski definition) is 0. The van der Waals surface area contributed by atoms with Crippen LogP contribution in [0.1, 0.15) is 10.4 Å². The minimum Gasteiger partial charge on any atom is -0.465 e. The Kier molecular flexibility index (Phi) is 4.18. The molecule has 0 aliphatic rings. The molecule has 0 spiro atoms. The molecule has 0 fully saturated rings. The molecule has 0 bridgehead atoms. The van der Waals surface area contributed by atoms with E-state index in [1.54, 1.807) is 18.2 Å². The zero-order chi connectivity index (χ0) is 15.5. The van der Waals surface area contributed by atoms with Crippen molar-refractivity contribution in [2.24, 2.45) is 0 Å². The molecular weight excluding hydrogens is 320 g/mol. The number of aromatic nitrogens is 2. The summed E-state index contributed by atoms with van der Waals surface area (Å²) >= 11 is 7.60. The van der Waals surface area contributed by atoms with E-state index >= 15 is 0 Å². The summed E-state index contributed by atoms with van der Waals surface area (Å²) in [5, 5.41) is 10.5. The third-order valence-electron chi connectivity index (χ3n) is 3.06. The molecule has 0 aliphatic heterocycles. The topological polar surface area (TPSA) is 52.1 Å². The molecule has 22 heavy (non-hydrogen) atoms. The molecule has 0 aliphatic carbocycles. The van der Waals surface area contributed by atoms with E-state index in [-0.39, 0.29) is 5.97 Å². The van der Waals surface area contributed by atoms with E-state index in [0.717, 1.165) is 21.1 Å². The minimum atomic E-state index is -0.377. The first-order valence-corrected chi connectivity index (χ1v) is 7.65. The van der Waals surface area contributed by atoms with Crippen LogP contribution in [-0.4, -0.2) is 23.3 Å². The predicted octanol–water partition coefficient (Wildman–Crippen LogP) is 4.31. The Labute approximate surface area is 136 Å². The molecule has 0 unspecified atom stereocenters. The second-order valence-corrected chi connectivity index (χ2v) is 5.85. The highest BCUT2D eigenvalue weighted by Gasteiger charge is 2.13. The number of halogens is 1. The molecule has 0 saturated carbocycles. The first-order valence-electron chi connectivity index (χ1n) is 6.46. The van der Waals surface area contributed by atoms with Gasteiger partial charge in [0.2, 0.25) is 0 Å². The predicted molar refractivity (Wildman–Crippen MR) is 87.1 cm³/mol. The van der Waals surface area contributed by atoms with Crippen molar-refractivity contribution in [2.45, 2.75) is 0 Å². The highest BCUT2D eigenvalue weighted by Crippen LogP contribution is 2.33. The molecule has 3 rings (SSSR count). The van der Waals surface area contributed by atoms with Crippen molar-refractivity contribution in [3.8, 4) is 21.1 Å². The molecule has 0 saturated heterocycles. The van der Waals surface area contributed by atoms with Crippen LogP contribution in [-0.2, 0) is 4.74 Å². The molecule has 4 nitrogen and oxygen atoms in total. The van der Waals surface area contributed by atoms with Gasteiger partial charge in [-0.3, -0.25) is 0 Å². The number of hydrogen-bond acceptors (Lipinski definition) is 5. The van der Waals surface area contributed by atoms with E-state index < -0.39 is 0 Å². The number of carbonyl (C=O) groups excluding carboxylic acids is 1. The van der Waals surface area contributed by atoms with Crippen LogP contribution in [0, 0.1) is 0 Å². The lowest BCUT2D eigenvalue weighted by molar-refractivity contribution is 0.0601. The second kappa shape index (κ2) is 6.25. The van der Waals surface area contributed by atoms with E-state index in [0.29, 0.717) is 10.6 Å². The van der Waals surface area contributed by atoms with Crippen LogP contribution in [0.3, 0.4) is 0 Å². The molecule has 1 heterocycles. The average molecular weight is 331 g/mol. The summed E-state index contributed by atoms with van der Waals surface area (Å²) in [4.78, 5) is 11.6. The Bertz CT molecular complexity index is 832. The van der Waals surface area contributed by atoms with Gasteiger partial charge in [0.1, 0.15) is 10.0 Å². The van der Waals surface area contributed by atoms with Gasteiger partial charge in [-0.25, -0.2) is 4.79 Å². The Morgan fingerprint density at radius 2 is 1.86 bits per heavy atom. The smallest absolute Gasteiger partial charge is 0.337 e. The lowest BCUT2D eigenvalue weighted by Crippen LogP contribution is -2.00. The quantitative estimate of drug-likeness (QED) is 0.671. The van der Waals surface area contributed by atoms with E-state index in [4.69, 9.17) is 16.3 Å². The van der Waals surface area contributed by atoms with E-state index in [9.17, 15) is 4.79 Å². The SMILES string of the molecule is COC(=O)c1cccc(-c2nnc(-c3ccccc3Cl)s2)c1. The van der Waals surface area contributed by atoms with Crippen molar-refractivity contribution in [1.29, 1.82) is 0 Å². The average Bonchev–Trinajstić information content (AvgIpc) is 3.04. The maximum Gasteiger partial charge on any atom is 0.337 e. The van der Waals surface area contributed by atoms with Gasteiger partial charge in [0, 0.05) is 11.1 Å². The zero-order valence-corrected chi connectivity index (χ0v) is 13.2. The third kappa shape index (κ3) is 2.86. The molecule has 0 N–H and O–H groups in total. The van der Waals surface area contributed by atoms with E-state index in [1.807, 2.05) is 30.3 Å². The van der Waals surface area contributed by atoms with Crippen molar-refractivity contribution in [2.75, 3.05) is 7.11 Å². The molecule has 0 amide bonds. The van der Waals surface area contributed by atoms with E-state index in [2.05, 4.69) is 10.2 Å². The van der Waals surface area contributed by atoms with Gasteiger partial charge in [0.15, 0.2) is 0 Å². The van der Waals surface area contributed by atoms with Gasteiger partial charge in [-0.1, -0.05) is 53.3 Å². The molecule has 110 valence electrons. The summed E-state index contributed by atoms with van der Waals surface area (Å²) in [6.07, 6.45) is 0. The Morgan fingerprint density at radius 1 is 1.09 bits per heavy atom. The number of ether oxygens (including phenoxy) is 1. The van der Waals surface area contributed by atoms with Gasteiger partial charge < -0.3 is 4.74 Å². The minimum absolute atomic E-state index is 0.377. The van der Waals surface area contributed by atoms with Gasteiger partial charge in [0.05, 0.1) is 17.7 Å². The zero-order valence-electron chi connectivity index (χ0n) is 11.6. The summed E-state index contributed by atoms with van der Waals surface area (Å²) in [5.74, 6) is -0.377. The summed E-state index contributed by atoms with van der Waals surface area (Å²) in [6.45, 7) is 0. The Hall–Kier alpha value is -2.24. The molecule has 1 aromatic heterocycles. The number of esters is 1. The highest BCUT2D eigenvalue weighted by molar-refractivity contribution is 7.18. The first kappa shape index (κ1) is 14.7. The van der Waals surface area contributed by atoms with Crippen molar-refractivity contribution in [1.82, 2.24) is 10.2 Å². The Balaban J connectivity index is 1.98. The van der Waals surface area contributed by atoms with Crippen molar-refractivity contribution in [3.63, 3.8) is 0 Å². The lowest BCUT2D eigenvalue weighted by Gasteiger charge is -2.00. The molecule has 0 atom stereocenters. The van der Waals surface area contributed by atoms with E-state index in [1.165, 1.54) is 18.4 Å². The molecule has 6 heteroatoms. The summed E-state index contributed by atoms with van der Waals surface area (Å²) in [7, 11) is 1.36. The standard InChI is InChI=1S/C16H11ClN2O2S/c1-21-16(20)11-6-4-5-10(9-11)14-18-19-15(22-14)12-7-2-3-8-13(12)17/h2-9H,1H3. The van der Waals surface area contributed by atoms with Crippen LogP contribution in [0.25, 0.3) is 21.1 Å².